The lowest BCUT2D eigenvalue weighted by atomic mass is 9.72. The minimum Gasteiger partial charge on any atom is -0.389 e. The zero-order valence-electron chi connectivity index (χ0n) is 6.43. The summed E-state index contributed by atoms with van der Waals surface area (Å²) >= 11 is 0. The summed E-state index contributed by atoms with van der Waals surface area (Å²) in [6, 6.07) is 0. The molecule has 0 saturated heterocycles. The van der Waals surface area contributed by atoms with Gasteiger partial charge in [-0.3, -0.25) is 0 Å². The first-order valence-electron chi connectivity index (χ1n) is 3.82. The van der Waals surface area contributed by atoms with Gasteiger partial charge in [-0.15, -0.1) is 12.3 Å². The van der Waals surface area contributed by atoms with Gasteiger partial charge in [-0.2, -0.15) is 0 Å². The molecule has 0 radical (unpaired) electrons. The molecular weight excluding hydrogens is 124 g/mol. The summed E-state index contributed by atoms with van der Waals surface area (Å²) in [6.07, 6.45) is 9.17. The van der Waals surface area contributed by atoms with Crippen molar-refractivity contribution in [3.05, 3.63) is 0 Å². The predicted octanol–water partition coefficient (Wildman–Crippen LogP) is 1.56. The van der Waals surface area contributed by atoms with Crippen LogP contribution in [0.15, 0.2) is 0 Å². The zero-order valence-corrected chi connectivity index (χ0v) is 6.43. The minimum atomic E-state index is -0.590. The van der Waals surface area contributed by atoms with Gasteiger partial charge in [0.25, 0.3) is 0 Å². The van der Waals surface area contributed by atoms with Crippen molar-refractivity contribution in [1.82, 2.24) is 0 Å². The van der Waals surface area contributed by atoms with Gasteiger partial charge in [-0.05, 0) is 25.7 Å². The summed E-state index contributed by atoms with van der Waals surface area (Å²) in [5.74, 6) is 2.97. The van der Waals surface area contributed by atoms with Gasteiger partial charge in [0.1, 0.15) is 0 Å². The van der Waals surface area contributed by atoms with Crippen LogP contribution in [0.25, 0.3) is 0 Å². The first-order valence-corrected chi connectivity index (χ1v) is 3.82. The highest BCUT2D eigenvalue weighted by molar-refractivity contribution is 4.98. The highest BCUT2D eigenvalue weighted by Crippen LogP contribution is 2.37. The third kappa shape index (κ3) is 1.33. The Bertz CT molecular complexity index is 149. The molecule has 1 N–H and O–H groups in total. The highest BCUT2D eigenvalue weighted by Gasteiger charge is 2.34. The molecule has 1 aliphatic carbocycles. The first kappa shape index (κ1) is 7.63. The van der Waals surface area contributed by atoms with E-state index in [-0.39, 0.29) is 0 Å². The Morgan fingerprint density at radius 2 is 2.30 bits per heavy atom. The van der Waals surface area contributed by atoms with Crippen LogP contribution in [0.3, 0.4) is 0 Å². The molecule has 1 heteroatoms. The highest BCUT2D eigenvalue weighted by atomic mass is 16.3. The fraction of sp³-hybridized carbons (Fsp3) is 0.778. The molecule has 0 aromatic heterocycles. The fourth-order valence-electron chi connectivity index (χ4n) is 1.38. The maximum absolute atomic E-state index is 9.69. The number of terminal acetylenes is 1. The molecule has 56 valence electrons. The molecule has 10 heavy (non-hydrogen) atoms. The van der Waals surface area contributed by atoms with E-state index < -0.39 is 5.60 Å². The van der Waals surface area contributed by atoms with Crippen molar-refractivity contribution in [3.8, 4) is 12.3 Å². The second-order valence-corrected chi connectivity index (χ2v) is 3.37. The van der Waals surface area contributed by atoms with E-state index in [1.165, 1.54) is 6.42 Å². The fourth-order valence-corrected chi connectivity index (χ4v) is 1.38. The lowest BCUT2D eigenvalue weighted by molar-refractivity contribution is -0.0300. The molecule has 0 bridgehead atoms. The topological polar surface area (TPSA) is 20.2 Å². The summed E-state index contributed by atoms with van der Waals surface area (Å²) in [5, 5.41) is 9.69. The molecule has 1 rings (SSSR count). The average molecular weight is 138 g/mol. The van der Waals surface area contributed by atoms with Gasteiger partial charge in [-0.1, -0.05) is 6.42 Å². The number of hydrogen-bond acceptors (Lipinski definition) is 1. The van der Waals surface area contributed by atoms with Gasteiger partial charge >= 0.3 is 0 Å². The Balaban J connectivity index is 2.42. The van der Waals surface area contributed by atoms with Crippen molar-refractivity contribution in [1.29, 1.82) is 0 Å². The molecule has 1 unspecified atom stereocenters. The number of aliphatic hydroxyl groups is 1. The van der Waals surface area contributed by atoms with Gasteiger partial charge in [0.15, 0.2) is 0 Å². The molecule has 0 spiro atoms. The van der Waals surface area contributed by atoms with Gasteiger partial charge in [-0.25, -0.2) is 0 Å². The van der Waals surface area contributed by atoms with Crippen LogP contribution < -0.4 is 0 Å². The van der Waals surface area contributed by atoms with Crippen LogP contribution in [-0.2, 0) is 0 Å². The largest absolute Gasteiger partial charge is 0.389 e. The van der Waals surface area contributed by atoms with E-state index in [0.29, 0.717) is 12.3 Å². The minimum absolute atomic E-state index is 0.462. The molecular formula is C9H14O. The van der Waals surface area contributed by atoms with E-state index in [1.54, 1.807) is 0 Å². The molecule has 1 fully saturated rings. The summed E-state index contributed by atoms with van der Waals surface area (Å²) < 4.78 is 0. The van der Waals surface area contributed by atoms with Gasteiger partial charge in [0.2, 0.25) is 0 Å². The first-order chi connectivity index (χ1) is 4.67. The maximum Gasteiger partial charge on any atom is 0.0756 e. The molecule has 0 amide bonds. The SMILES string of the molecule is C#CCC(C)(O)C1CCC1. The van der Waals surface area contributed by atoms with E-state index in [0.717, 1.165) is 12.8 Å². The van der Waals surface area contributed by atoms with Gasteiger partial charge < -0.3 is 5.11 Å². The number of hydrogen-bond donors (Lipinski definition) is 1. The molecule has 1 nitrogen and oxygen atoms in total. The van der Waals surface area contributed by atoms with Crippen LogP contribution in [0.5, 0.6) is 0 Å². The zero-order chi connectivity index (χ0) is 7.61. The van der Waals surface area contributed by atoms with Crippen LogP contribution in [0, 0.1) is 18.3 Å². The van der Waals surface area contributed by atoms with E-state index in [4.69, 9.17) is 6.42 Å². The Hall–Kier alpha value is -0.480. The molecule has 1 atom stereocenters. The Morgan fingerprint density at radius 1 is 1.70 bits per heavy atom. The standard InChI is InChI=1S/C9H14O/c1-3-7-9(2,10)8-5-4-6-8/h1,8,10H,4-7H2,2H3. The van der Waals surface area contributed by atoms with Gasteiger partial charge in [0, 0.05) is 6.42 Å². The average Bonchev–Trinajstić information content (AvgIpc) is 1.56. The van der Waals surface area contributed by atoms with Crippen molar-refractivity contribution in [2.24, 2.45) is 5.92 Å². The van der Waals surface area contributed by atoms with Crippen molar-refractivity contribution >= 4 is 0 Å². The smallest absolute Gasteiger partial charge is 0.0756 e. The van der Waals surface area contributed by atoms with Crippen molar-refractivity contribution in [2.75, 3.05) is 0 Å². The molecule has 1 aliphatic rings. The van der Waals surface area contributed by atoms with Crippen molar-refractivity contribution < 1.29 is 5.11 Å². The quantitative estimate of drug-likeness (QED) is 0.574. The van der Waals surface area contributed by atoms with Crippen LogP contribution in [0.4, 0.5) is 0 Å². The van der Waals surface area contributed by atoms with Gasteiger partial charge in [0.05, 0.1) is 5.60 Å². The molecule has 1 saturated carbocycles. The van der Waals surface area contributed by atoms with Crippen LogP contribution >= 0.6 is 0 Å². The molecule has 0 aliphatic heterocycles. The lowest BCUT2D eigenvalue weighted by Crippen LogP contribution is -2.38. The molecule has 0 aromatic carbocycles. The van der Waals surface area contributed by atoms with Crippen molar-refractivity contribution in [3.63, 3.8) is 0 Å². The molecule has 0 heterocycles. The predicted molar refractivity (Wildman–Crippen MR) is 41.4 cm³/mol. The second kappa shape index (κ2) is 2.64. The molecule has 0 aromatic rings. The monoisotopic (exact) mass is 138 g/mol. The normalized spacial score (nSPS) is 24.5. The van der Waals surface area contributed by atoms with E-state index >= 15 is 0 Å². The summed E-state index contributed by atoms with van der Waals surface area (Å²) in [6.45, 7) is 1.84. The number of rotatable bonds is 2. The van der Waals surface area contributed by atoms with Crippen molar-refractivity contribution in [2.45, 2.75) is 38.2 Å². The summed E-state index contributed by atoms with van der Waals surface area (Å²) in [7, 11) is 0. The summed E-state index contributed by atoms with van der Waals surface area (Å²) in [5.41, 5.74) is -0.590. The van der Waals surface area contributed by atoms with Crippen LogP contribution in [0.1, 0.15) is 32.6 Å². The third-order valence-corrected chi connectivity index (χ3v) is 2.44. The van der Waals surface area contributed by atoms with Crippen LogP contribution in [-0.4, -0.2) is 10.7 Å². The van der Waals surface area contributed by atoms with E-state index in [2.05, 4.69) is 5.92 Å². The lowest BCUT2D eigenvalue weighted by Gasteiger charge is -2.37. The Labute approximate surface area is 62.4 Å². The Kier molecular flexibility index (Phi) is 2.01. The summed E-state index contributed by atoms with van der Waals surface area (Å²) in [4.78, 5) is 0. The third-order valence-electron chi connectivity index (χ3n) is 2.44. The van der Waals surface area contributed by atoms with E-state index in [9.17, 15) is 5.11 Å². The van der Waals surface area contributed by atoms with Crippen LogP contribution in [0.2, 0.25) is 0 Å². The maximum atomic E-state index is 9.69. The Morgan fingerprint density at radius 3 is 2.60 bits per heavy atom. The van der Waals surface area contributed by atoms with E-state index in [1.807, 2.05) is 6.92 Å². The second-order valence-electron chi connectivity index (χ2n) is 3.37.